The molecule has 0 atom stereocenters. The summed E-state index contributed by atoms with van der Waals surface area (Å²) in [6, 6.07) is 6.35. The van der Waals surface area contributed by atoms with Gasteiger partial charge in [-0.2, -0.15) is 5.10 Å². The van der Waals surface area contributed by atoms with Crippen molar-refractivity contribution in [2.24, 2.45) is 5.41 Å². The van der Waals surface area contributed by atoms with Crippen LogP contribution in [0, 0.1) is 5.41 Å². The van der Waals surface area contributed by atoms with Gasteiger partial charge in [0.2, 0.25) is 5.91 Å². The lowest BCUT2D eigenvalue weighted by atomic mass is 9.96. The standard InChI is InChI=1S/C20H30N4O2/c1-5-16-6-7-17(26-16)14-23-12-9-15(10-13-23)24-18(8-11-21-24)22-19(25)20(2,3)4/h6-8,11,15H,5,9-10,12-14H2,1-4H3,(H,22,25). The van der Waals surface area contributed by atoms with E-state index in [0.717, 1.165) is 56.2 Å². The Bertz CT molecular complexity index is 733. The Labute approximate surface area is 155 Å². The second-order valence-electron chi connectivity index (χ2n) is 8.09. The number of hydrogen-bond donors (Lipinski definition) is 1. The van der Waals surface area contributed by atoms with E-state index in [1.165, 1.54) is 0 Å². The first-order valence-corrected chi connectivity index (χ1v) is 9.51. The zero-order valence-corrected chi connectivity index (χ0v) is 16.3. The summed E-state index contributed by atoms with van der Waals surface area (Å²) in [5.41, 5.74) is -0.418. The van der Waals surface area contributed by atoms with Crippen molar-refractivity contribution in [1.29, 1.82) is 0 Å². The summed E-state index contributed by atoms with van der Waals surface area (Å²) in [4.78, 5) is 14.7. The van der Waals surface area contributed by atoms with Gasteiger partial charge in [-0.3, -0.25) is 9.69 Å². The Hall–Kier alpha value is -2.08. The molecular formula is C20H30N4O2. The Kier molecular flexibility index (Phi) is 5.51. The van der Waals surface area contributed by atoms with Crippen LogP contribution in [0.1, 0.15) is 58.1 Å². The number of aromatic nitrogens is 2. The van der Waals surface area contributed by atoms with Crippen LogP contribution in [0.4, 0.5) is 5.82 Å². The zero-order valence-electron chi connectivity index (χ0n) is 16.3. The number of aryl methyl sites for hydroxylation is 1. The van der Waals surface area contributed by atoms with E-state index in [9.17, 15) is 4.79 Å². The molecule has 1 N–H and O–H groups in total. The number of furan rings is 1. The monoisotopic (exact) mass is 358 g/mol. The van der Waals surface area contributed by atoms with Gasteiger partial charge in [0.15, 0.2) is 0 Å². The average Bonchev–Trinajstić information content (AvgIpc) is 3.24. The third-order valence-corrected chi connectivity index (χ3v) is 4.94. The van der Waals surface area contributed by atoms with Crippen molar-refractivity contribution in [1.82, 2.24) is 14.7 Å². The maximum absolute atomic E-state index is 12.3. The molecule has 6 nitrogen and oxygen atoms in total. The highest BCUT2D eigenvalue weighted by molar-refractivity contribution is 5.93. The number of nitrogens with one attached hydrogen (secondary N) is 1. The third-order valence-electron chi connectivity index (χ3n) is 4.94. The van der Waals surface area contributed by atoms with Crippen molar-refractivity contribution >= 4 is 11.7 Å². The molecule has 0 bridgehead atoms. The highest BCUT2D eigenvalue weighted by Crippen LogP contribution is 2.27. The minimum absolute atomic E-state index is 0.0150. The van der Waals surface area contributed by atoms with Gasteiger partial charge in [0.25, 0.3) is 0 Å². The van der Waals surface area contributed by atoms with Crippen LogP contribution in [-0.2, 0) is 17.8 Å². The van der Waals surface area contributed by atoms with Crippen LogP contribution in [0.2, 0.25) is 0 Å². The van der Waals surface area contributed by atoms with E-state index in [1.54, 1.807) is 6.20 Å². The minimum atomic E-state index is -0.418. The van der Waals surface area contributed by atoms with Gasteiger partial charge >= 0.3 is 0 Å². The zero-order chi connectivity index (χ0) is 18.7. The number of hydrogen-bond acceptors (Lipinski definition) is 4. The SMILES string of the molecule is CCc1ccc(CN2CCC(n3nccc3NC(=O)C(C)(C)C)CC2)o1. The van der Waals surface area contributed by atoms with Gasteiger partial charge in [0.05, 0.1) is 18.8 Å². The molecule has 3 heterocycles. The fraction of sp³-hybridized carbons (Fsp3) is 0.600. The Morgan fingerprint density at radius 3 is 2.54 bits per heavy atom. The molecule has 142 valence electrons. The number of nitrogens with zero attached hydrogens (tertiary/aromatic N) is 3. The molecule has 0 aliphatic carbocycles. The number of rotatable bonds is 5. The van der Waals surface area contributed by atoms with Gasteiger partial charge in [0.1, 0.15) is 17.3 Å². The average molecular weight is 358 g/mol. The molecule has 1 aliphatic rings. The number of carbonyl (C=O) groups excluding carboxylic acids is 1. The lowest BCUT2D eigenvalue weighted by Crippen LogP contribution is -2.35. The van der Waals surface area contributed by atoms with Crippen LogP contribution >= 0.6 is 0 Å². The van der Waals surface area contributed by atoms with Crippen molar-refractivity contribution in [3.05, 3.63) is 35.9 Å². The van der Waals surface area contributed by atoms with Crippen molar-refractivity contribution in [3.63, 3.8) is 0 Å². The van der Waals surface area contributed by atoms with Crippen LogP contribution < -0.4 is 5.32 Å². The van der Waals surface area contributed by atoms with Gasteiger partial charge in [0, 0.05) is 31.0 Å². The summed E-state index contributed by atoms with van der Waals surface area (Å²) in [5, 5.41) is 7.48. The Morgan fingerprint density at radius 2 is 1.92 bits per heavy atom. The summed E-state index contributed by atoms with van der Waals surface area (Å²) in [6.45, 7) is 10.7. The van der Waals surface area contributed by atoms with Gasteiger partial charge in [-0.05, 0) is 25.0 Å². The number of anilines is 1. The molecule has 1 aliphatic heterocycles. The summed E-state index contributed by atoms with van der Waals surface area (Å²) in [6.07, 6.45) is 4.73. The van der Waals surface area contributed by atoms with E-state index in [4.69, 9.17) is 4.42 Å². The van der Waals surface area contributed by atoms with Crippen LogP contribution in [-0.4, -0.2) is 33.7 Å². The molecule has 1 amide bonds. The van der Waals surface area contributed by atoms with E-state index >= 15 is 0 Å². The molecule has 3 rings (SSSR count). The minimum Gasteiger partial charge on any atom is -0.465 e. The molecule has 0 spiro atoms. The smallest absolute Gasteiger partial charge is 0.230 e. The first-order valence-electron chi connectivity index (χ1n) is 9.51. The quantitative estimate of drug-likeness (QED) is 0.881. The molecule has 0 radical (unpaired) electrons. The maximum atomic E-state index is 12.3. The van der Waals surface area contributed by atoms with Crippen LogP contribution in [0.3, 0.4) is 0 Å². The Morgan fingerprint density at radius 1 is 1.23 bits per heavy atom. The number of amides is 1. The van der Waals surface area contributed by atoms with Gasteiger partial charge < -0.3 is 9.73 Å². The molecule has 2 aromatic heterocycles. The van der Waals surface area contributed by atoms with E-state index < -0.39 is 5.41 Å². The summed E-state index contributed by atoms with van der Waals surface area (Å²) in [5.74, 6) is 2.89. The van der Waals surface area contributed by atoms with E-state index in [0.29, 0.717) is 6.04 Å². The maximum Gasteiger partial charge on any atom is 0.230 e. The fourth-order valence-electron chi connectivity index (χ4n) is 3.25. The molecule has 0 unspecified atom stereocenters. The third kappa shape index (κ3) is 4.36. The fourth-order valence-corrected chi connectivity index (χ4v) is 3.25. The lowest BCUT2D eigenvalue weighted by Gasteiger charge is -2.32. The van der Waals surface area contributed by atoms with Crippen LogP contribution in [0.25, 0.3) is 0 Å². The number of piperidine rings is 1. The molecule has 26 heavy (non-hydrogen) atoms. The van der Waals surface area contributed by atoms with Gasteiger partial charge in [-0.15, -0.1) is 0 Å². The number of carbonyl (C=O) groups is 1. The molecule has 1 saturated heterocycles. The predicted molar refractivity (Wildman–Crippen MR) is 102 cm³/mol. The summed E-state index contributed by atoms with van der Waals surface area (Å²) >= 11 is 0. The van der Waals surface area contributed by atoms with Crippen molar-refractivity contribution in [3.8, 4) is 0 Å². The first kappa shape index (κ1) is 18.7. The first-order chi connectivity index (χ1) is 12.4. The topological polar surface area (TPSA) is 63.3 Å². The molecular weight excluding hydrogens is 328 g/mol. The van der Waals surface area contributed by atoms with Crippen LogP contribution in [0.15, 0.2) is 28.8 Å². The predicted octanol–water partition coefficient (Wildman–Crippen LogP) is 3.86. The summed E-state index contributed by atoms with van der Waals surface area (Å²) in [7, 11) is 0. The van der Waals surface area contributed by atoms with E-state index in [1.807, 2.05) is 31.5 Å². The summed E-state index contributed by atoms with van der Waals surface area (Å²) < 4.78 is 7.80. The Balaban J connectivity index is 1.57. The molecule has 6 heteroatoms. The highest BCUT2D eigenvalue weighted by atomic mass is 16.3. The van der Waals surface area contributed by atoms with E-state index in [2.05, 4.69) is 34.4 Å². The second kappa shape index (κ2) is 7.66. The highest BCUT2D eigenvalue weighted by Gasteiger charge is 2.26. The molecule has 0 aromatic carbocycles. The molecule has 1 fully saturated rings. The van der Waals surface area contributed by atoms with E-state index in [-0.39, 0.29) is 5.91 Å². The van der Waals surface area contributed by atoms with Crippen molar-refractivity contribution in [2.75, 3.05) is 18.4 Å². The second-order valence-corrected chi connectivity index (χ2v) is 8.09. The van der Waals surface area contributed by atoms with Gasteiger partial charge in [-0.25, -0.2) is 4.68 Å². The van der Waals surface area contributed by atoms with Crippen molar-refractivity contribution in [2.45, 2.75) is 59.5 Å². The molecule has 2 aromatic rings. The normalized spacial score (nSPS) is 16.8. The van der Waals surface area contributed by atoms with Gasteiger partial charge in [-0.1, -0.05) is 27.7 Å². The largest absolute Gasteiger partial charge is 0.465 e. The number of likely N-dealkylation sites (tertiary alicyclic amines) is 1. The van der Waals surface area contributed by atoms with Crippen molar-refractivity contribution < 1.29 is 9.21 Å². The molecule has 0 saturated carbocycles. The lowest BCUT2D eigenvalue weighted by molar-refractivity contribution is -0.123. The van der Waals surface area contributed by atoms with Crippen LogP contribution in [0.5, 0.6) is 0 Å².